The molecule has 88 valence electrons. The van der Waals surface area contributed by atoms with Gasteiger partial charge in [-0.05, 0) is 6.92 Å². The molecule has 1 N–H and O–H groups in total. The van der Waals surface area contributed by atoms with E-state index in [1.165, 1.54) is 0 Å². The zero-order valence-electron chi connectivity index (χ0n) is 9.68. The molecule has 4 nitrogen and oxygen atoms in total. The van der Waals surface area contributed by atoms with Gasteiger partial charge < -0.3 is 10.0 Å². The first-order valence-electron chi connectivity index (χ1n) is 5.50. The summed E-state index contributed by atoms with van der Waals surface area (Å²) in [5.41, 5.74) is 1.68. The quantitative estimate of drug-likeness (QED) is 0.841. The lowest BCUT2D eigenvalue weighted by Gasteiger charge is -2.30. The van der Waals surface area contributed by atoms with E-state index in [1.807, 2.05) is 18.7 Å². The Morgan fingerprint density at radius 1 is 1.62 bits per heavy atom. The molecule has 0 bridgehead atoms. The van der Waals surface area contributed by atoms with Crippen LogP contribution in [0.15, 0.2) is 6.20 Å². The van der Waals surface area contributed by atoms with Crippen molar-refractivity contribution in [3.63, 3.8) is 0 Å². The predicted molar refractivity (Wildman–Crippen MR) is 66.8 cm³/mol. The maximum Gasteiger partial charge on any atom is 0.225 e. The minimum atomic E-state index is 0.0123. The van der Waals surface area contributed by atoms with Crippen molar-refractivity contribution in [2.75, 3.05) is 23.7 Å². The predicted octanol–water partition coefficient (Wildman–Crippen LogP) is 1.22. The van der Waals surface area contributed by atoms with Crippen LogP contribution in [-0.4, -0.2) is 39.2 Å². The van der Waals surface area contributed by atoms with E-state index < -0.39 is 0 Å². The molecule has 1 aromatic rings. The molecule has 0 amide bonds. The summed E-state index contributed by atoms with van der Waals surface area (Å²) in [7, 11) is 0. The van der Waals surface area contributed by atoms with E-state index in [4.69, 9.17) is 5.11 Å². The van der Waals surface area contributed by atoms with Crippen LogP contribution in [0.3, 0.4) is 0 Å². The number of aromatic nitrogens is 2. The molecule has 1 fully saturated rings. The van der Waals surface area contributed by atoms with Crippen molar-refractivity contribution in [3.05, 3.63) is 17.5 Å². The highest BCUT2D eigenvalue weighted by atomic mass is 32.2. The third-order valence-electron chi connectivity index (χ3n) is 2.76. The van der Waals surface area contributed by atoms with Gasteiger partial charge in [0.15, 0.2) is 0 Å². The van der Waals surface area contributed by atoms with Gasteiger partial charge in [-0.15, -0.1) is 0 Å². The Morgan fingerprint density at radius 2 is 2.44 bits per heavy atom. The van der Waals surface area contributed by atoms with Gasteiger partial charge in [-0.2, -0.15) is 11.8 Å². The van der Waals surface area contributed by atoms with Gasteiger partial charge in [-0.1, -0.05) is 6.92 Å². The molecule has 5 heteroatoms. The van der Waals surface area contributed by atoms with Gasteiger partial charge in [0, 0.05) is 41.5 Å². The van der Waals surface area contributed by atoms with Gasteiger partial charge in [-0.25, -0.2) is 9.97 Å². The van der Waals surface area contributed by atoms with E-state index in [9.17, 15) is 0 Å². The molecule has 1 aliphatic rings. The molecule has 2 heterocycles. The average molecular weight is 239 g/mol. The van der Waals surface area contributed by atoms with E-state index in [0.717, 1.165) is 36.0 Å². The lowest BCUT2D eigenvalue weighted by molar-refractivity contribution is 0.280. The molecule has 16 heavy (non-hydrogen) atoms. The van der Waals surface area contributed by atoms with Crippen LogP contribution in [-0.2, 0) is 6.61 Å². The highest BCUT2D eigenvalue weighted by molar-refractivity contribution is 8.00. The van der Waals surface area contributed by atoms with Crippen LogP contribution in [0.5, 0.6) is 0 Å². The molecular formula is C11H17N3OS. The first-order valence-corrected chi connectivity index (χ1v) is 6.55. The molecule has 1 aromatic heterocycles. The number of nitrogens with zero attached hydrogens (tertiary/aromatic N) is 3. The van der Waals surface area contributed by atoms with E-state index in [1.54, 1.807) is 6.20 Å². The second-order valence-corrected chi connectivity index (χ2v) is 5.61. The number of aliphatic hydroxyl groups is 1. The van der Waals surface area contributed by atoms with Crippen LogP contribution in [0.25, 0.3) is 0 Å². The SMILES string of the molecule is Cc1nc(N2CCSC(C)C2)ncc1CO. The molecule has 1 atom stereocenters. The van der Waals surface area contributed by atoms with Gasteiger partial charge >= 0.3 is 0 Å². The van der Waals surface area contributed by atoms with E-state index in [-0.39, 0.29) is 6.61 Å². The average Bonchev–Trinajstić information content (AvgIpc) is 2.29. The summed E-state index contributed by atoms with van der Waals surface area (Å²) >= 11 is 1.99. The number of aliphatic hydroxyl groups excluding tert-OH is 1. The van der Waals surface area contributed by atoms with Gasteiger partial charge in [0.1, 0.15) is 0 Å². The molecule has 0 saturated carbocycles. The zero-order valence-corrected chi connectivity index (χ0v) is 10.5. The fourth-order valence-electron chi connectivity index (χ4n) is 1.79. The Labute approximate surface area is 100 Å². The first kappa shape index (κ1) is 11.7. The molecule has 0 aliphatic carbocycles. The van der Waals surface area contributed by atoms with Crippen LogP contribution in [0, 0.1) is 6.92 Å². The number of anilines is 1. The number of aryl methyl sites for hydroxylation is 1. The summed E-state index contributed by atoms with van der Waals surface area (Å²) in [6.45, 7) is 6.17. The summed E-state index contributed by atoms with van der Waals surface area (Å²) in [4.78, 5) is 11.0. The Bertz CT molecular complexity index is 372. The third kappa shape index (κ3) is 2.47. The minimum Gasteiger partial charge on any atom is -0.392 e. The molecular weight excluding hydrogens is 222 g/mol. The first-order chi connectivity index (χ1) is 7.70. The second-order valence-electron chi connectivity index (χ2n) is 4.07. The van der Waals surface area contributed by atoms with Crippen molar-refractivity contribution in [1.29, 1.82) is 0 Å². The number of hydrogen-bond acceptors (Lipinski definition) is 5. The Kier molecular flexibility index (Phi) is 3.66. The van der Waals surface area contributed by atoms with Gasteiger partial charge in [0.2, 0.25) is 5.95 Å². The van der Waals surface area contributed by atoms with Crippen LogP contribution in [0.1, 0.15) is 18.2 Å². The summed E-state index contributed by atoms with van der Waals surface area (Å²) in [6, 6.07) is 0. The second kappa shape index (κ2) is 5.01. The van der Waals surface area contributed by atoms with Crippen molar-refractivity contribution >= 4 is 17.7 Å². The lowest BCUT2D eigenvalue weighted by atomic mass is 10.2. The standard InChI is InChI=1S/C11H17N3OS/c1-8-6-14(3-4-16-8)11-12-5-10(7-15)9(2)13-11/h5,8,15H,3-4,6-7H2,1-2H3. The topological polar surface area (TPSA) is 49.2 Å². The van der Waals surface area contributed by atoms with Gasteiger partial charge in [0.05, 0.1) is 6.61 Å². The summed E-state index contributed by atoms with van der Waals surface area (Å²) in [5.74, 6) is 1.92. The number of thioether (sulfide) groups is 1. The molecule has 2 rings (SSSR count). The molecule has 1 aliphatic heterocycles. The number of rotatable bonds is 2. The Balaban J connectivity index is 2.17. The number of hydrogen-bond donors (Lipinski definition) is 1. The molecule has 0 spiro atoms. The largest absolute Gasteiger partial charge is 0.392 e. The summed E-state index contributed by atoms with van der Waals surface area (Å²) in [6.07, 6.45) is 1.73. The van der Waals surface area contributed by atoms with Crippen molar-refractivity contribution < 1.29 is 5.11 Å². The maximum atomic E-state index is 9.06. The Morgan fingerprint density at radius 3 is 3.06 bits per heavy atom. The smallest absolute Gasteiger partial charge is 0.225 e. The van der Waals surface area contributed by atoms with Crippen molar-refractivity contribution in [3.8, 4) is 0 Å². The molecule has 1 saturated heterocycles. The summed E-state index contributed by atoms with van der Waals surface area (Å²) < 4.78 is 0. The minimum absolute atomic E-state index is 0.0123. The van der Waals surface area contributed by atoms with Crippen molar-refractivity contribution in [2.24, 2.45) is 0 Å². The van der Waals surface area contributed by atoms with Crippen LogP contribution < -0.4 is 4.90 Å². The Hall–Kier alpha value is -0.810. The van der Waals surface area contributed by atoms with E-state index >= 15 is 0 Å². The fourth-order valence-corrected chi connectivity index (χ4v) is 2.80. The summed E-state index contributed by atoms with van der Waals surface area (Å²) in [5, 5.41) is 9.70. The van der Waals surface area contributed by atoms with Gasteiger partial charge in [0.25, 0.3) is 0 Å². The van der Waals surface area contributed by atoms with Crippen LogP contribution >= 0.6 is 11.8 Å². The van der Waals surface area contributed by atoms with E-state index in [2.05, 4.69) is 21.8 Å². The van der Waals surface area contributed by atoms with Crippen molar-refractivity contribution in [2.45, 2.75) is 25.7 Å². The van der Waals surface area contributed by atoms with Crippen molar-refractivity contribution in [1.82, 2.24) is 9.97 Å². The fraction of sp³-hybridized carbons (Fsp3) is 0.636. The molecule has 1 unspecified atom stereocenters. The lowest BCUT2D eigenvalue weighted by Crippen LogP contribution is -2.37. The third-order valence-corrected chi connectivity index (χ3v) is 3.90. The maximum absolute atomic E-state index is 9.06. The van der Waals surface area contributed by atoms with E-state index in [0.29, 0.717) is 5.25 Å². The highest BCUT2D eigenvalue weighted by Crippen LogP contribution is 2.21. The molecule has 0 radical (unpaired) electrons. The normalized spacial score (nSPS) is 21.2. The van der Waals surface area contributed by atoms with Gasteiger partial charge in [-0.3, -0.25) is 0 Å². The molecule has 0 aromatic carbocycles. The monoisotopic (exact) mass is 239 g/mol. The van der Waals surface area contributed by atoms with Crippen LogP contribution in [0.4, 0.5) is 5.95 Å². The highest BCUT2D eigenvalue weighted by Gasteiger charge is 2.19. The zero-order chi connectivity index (χ0) is 11.5. The van der Waals surface area contributed by atoms with Crippen LogP contribution in [0.2, 0.25) is 0 Å².